The normalized spacial score (nSPS) is 17.0. The Hall–Kier alpha value is -2.96. The summed E-state index contributed by atoms with van der Waals surface area (Å²) in [4.78, 5) is 44.0. The molecule has 1 N–H and O–H groups in total. The first-order valence-corrected chi connectivity index (χ1v) is 8.99. The fraction of sp³-hybridized carbons (Fsp3) is 0.400. The topological polar surface area (TPSA) is 90.8 Å². The number of carbonyl (C=O) groups excluding carboxylic acids is 2. The Balaban J connectivity index is 1.73. The first-order valence-electron chi connectivity index (χ1n) is 8.99. The summed E-state index contributed by atoms with van der Waals surface area (Å²) in [6.45, 7) is 2.50. The number of carboxylic acids is 1. The first kappa shape index (κ1) is 18.8. The zero-order valence-corrected chi connectivity index (χ0v) is 15.5. The largest absolute Gasteiger partial charge is 0.481 e. The van der Waals surface area contributed by atoms with E-state index in [9.17, 15) is 19.5 Å². The van der Waals surface area contributed by atoms with Crippen LogP contribution in [0.2, 0.25) is 0 Å². The molecule has 0 spiro atoms. The SMILES string of the molecule is Cc1ccc2cccc(C(=O)N(C)CC(=O)N3CCCC(C(=O)O)C3)c2n1. The van der Waals surface area contributed by atoms with Gasteiger partial charge in [0.05, 0.1) is 23.5 Å². The second kappa shape index (κ2) is 7.73. The molecule has 1 aromatic carbocycles. The zero-order valence-electron chi connectivity index (χ0n) is 15.5. The lowest BCUT2D eigenvalue weighted by molar-refractivity contribution is -0.145. The van der Waals surface area contributed by atoms with Gasteiger partial charge in [0.2, 0.25) is 5.91 Å². The number of amides is 2. The van der Waals surface area contributed by atoms with Crippen molar-refractivity contribution < 1.29 is 19.5 Å². The van der Waals surface area contributed by atoms with E-state index in [1.807, 2.05) is 25.1 Å². The summed E-state index contributed by atoms with van der Waals surface area (Å²) >= 11 is 0. The third-order valence-electron chi connectivity index (χ3n) is 4.93. The van der Waals surface area contributed by atoms with Crippen molar-refractivity contribution >= 4 is 28.7 Å². The van der Waals surface area contributed by atoms with Crippen molar-refractivity contribution in [2.45, 2.75) is 19.8 Å². The van der Waals surface area contributed by atoms with E-state index in [1.54, 1.807) is 19.2 Å². The number of carboxylic acid groups (broad SMARTS) is 1. The van der Waals surface area contributed by atoms with E-state index < -0.39 is 11.9 Å². The van der Waals surface area contributed by atoms with Crippen LogP contribution in [-0.2, 0) is 9.59 Å². The second-order valence-electron chi connectivity index (χ2n) is 7.01. The lowest BCUT2D eigenvalue weighted by atomic mass is 9.98. The molecule has 142 valence electrons. The average Bonchev–Trinajstić information content (AvgIpc) is 2.66. The number of pyridine rings is 1. The summed E-state index contributed by atoms with van der Waals surface area (Å²) in [7, 11) is 1.58. The number of hydrogen-bond donors (Lipinski definition) is 1. The maximum atomic E-state index is 12.9. The van der Waals surface area contributed by atoms with Gasteiger partial charge in [-0.2, -0.15) is 0 Å². The molecule has 2 aromatic rings. The van der Waals surface area contributed by atoms with Gasteiger partial charge in [0.25, 0.3) is 5.91 Å². The molecule has 1 atom stereocenters. The number of benzene rings is 1. The molecule has 1 fully saturated rings. The Bertz CT molecular complexity index is 896. The van der Waals surface area contributed by atoms with E-state index in [1.165, 1.54) is 9.80 Å². The van der Waals surface area contributed by atoms with Gasteiger partial charge in [-0.3, -0.25) is 19.4 Å². The Morgan fingerprint density at radius 2 is 2.04 bits per heavy atom. The highest BCUT2D eigenvalue weighted by Gasteiger charge is 2.29. The number of hydrogen-bond acceptors (Lipinski definition) is 4. The van der Waals surface area contributed by atoms with Crippen molar-refractivity contribution in [3.05, 3.63) is 41.6 Å². The summed E-state index contributed by atoms with van der Waals surface area (Å²) in [5, 5.41) is 10.0. The molecule has 1 aliphatic rings. The first-order chi connectivity index (χ1) is 12.9. The number of likely N-dealkylation sites (tertiary alicyclic amines) is 1. The van der Waals surface area contributed by atoms with Crippen molar-refractivity contribution in [1.29, 1.82) is 0 Å². The van der Waals surface area contributed by atoms with Gasteiger partial charge in [-0.05, 0) is 31.9 Å². The molecule has 7 nitrogen and oxygen atoms in total. The molecule has 3 rings (SSSR count). The highest BCUT2D eigenvalue weighted by molar-refractivity contribution is 6.06. The Morgan fingerprint density at radius 3 is 2.78 bits per heavy atom. The van der Waals surface area contributed by atoms with Crippen LogP contribution in [0.25, 0.3) is 10.9 Å². The fourth-order valence-electron chi connectivity index (χ4n) is 3.40. The van der Waals surface area contributed by atoms with Crippen molar-refractivity contribution in [2.75, 3.05) is 26.7 Å². The Morgan fingerprint density at radius 1 is 1.26 bits per heavy atom. The average molecular weight is 369 g/mol. The van der Waals surface area contributed by atoms with Gasteiger partial charge in [-0.15, -0.1) is 0 Å². The Kier molecular flexibility index (Phi) is 5.39. The molecule has 1 aliphatic heterocycles. The summed E-state index contributed by atoms with van der Waals surface area (Å²) in [5.74, 6) is -1.93. The molecule has 2 heterocycles. The molecule has 0 aliphatic carbocycles. The van der Waals surface area contributed by atoms with Crippen LogP contribution in [0.15, 0.2) is 30.3 Å². The number of para-hydroxylation sites is 1. The maximum Gasteiger partial charge on any atom is 0.308 e. The fourth-order valence-corrected chi connectivity index (χ4v) is 3.40. The van der Waals surface area contributed by atoms with E-state index in [-0.39, 0.29) is 24.9 Å². The van der Waals surface area contributed by atoms with E-state index in [0.717, 1.165) is 11.1 Å². The number of aryl methyl sites for hydroxylation is 1. The highest BCUT2D eigenvalue weighted by Crippen LogP contribution is 2.20. The van der Waals surface area contributed by atoms with Crippen molar-refractivity contribution in [3.8, 4) is 0 Å². The van der Waals surface area contributed by atoms with Gasteiger partial charge in [0.15, 0.2) is 0 Å². The molecule has 1 unspecified atom stereocenters. The third-order valence-corrected chi connectivity index (χ3v) is 4.93. The molecule has 1 saturated heterocycles. The van der Waals surface area contributed by atoms with Gasteiger partial charge in [-0.25, -0.2) is 0 Å². The summed E-state index contributed by atoms with van der Waals surface area (Å²) in [6.07, 6.45) is 1.24. The predicted molar refractivity (Wildman–Crippen MR) is 100 cm³/mol. The molecular weight excluding hydrogens is 346 g/mol. The number of rotatable bonds is 4. The van der Waals surface area contributed by atoms with E-state index in [4.69, 9.17) is 0 Å². The van der Waals surface area contributed by atoms with Gasteiger partial charge in [-0.1, -0.05) is 18.2 Å². The zero-order chi connectivity index (χ0) is 19.6. The number of nitrogens with zero attached hydrogens (tertiary/aromatic N) is 3. The third kappa shape index (κ3) is 4.07. The van der Waals surface area contributed by atoms with Crippen LogP contribution in [0, 0.1) is 12.8 Å². The van der Waals surface area contributed by atoms with Gasteiger partial charge < -0.3 is 14.9 Å². The molecule has 27 heavy (non-hydrogen) atoms. The summed E-state index contributed by atoms with van der Waals surface area (Å²) < 4.78 is 0. The molecule has 0 saturated carbocycles. The minimum absolute atomic E-state index is 0.0899. The molecule has 0 radical (unpaired) electrons. The van der Waals surface area contributed by atoms with Crippen molar-refractivity contribution in [3.63, 3.8) is 0 Å². The van der Waals surface area contributed by atoms with E-state index in [0.29, 0.717) is 30.5 Å². The van der Waals surface area contributed by atoms with Crippen molar-refractivity contribution in [2.24, 2.45) is 5.92 Å². The number of aliphatic carboxylic acids is 1. The highest BCUT2D eigenvalue weighted by atomic mass is 16.4. The lowest BCUT2D eigenvalue weighted by Gasteiger charge is -2.32. The minimum atomic E-state index is -0.880. The van der Waals surface area contributed by atoms with E-state index in [2.05, 4.69) is 4.98 Å². The monoisotopic (exact) mass is 369 g/mol. The Labute approximate surface area is 157 Å². The molecule has 2 amide bonds. The number of piperidine rings is 1. The number of likely N-dealkylation sites (N-methyl/N-ethyl adjacent to an activating group) is 1. The quantitative estimate of drug-likeness (QED) is 0.889. The van der Waals surface area contributed by atoms with Gasteiger partial charge in [0.1, 0.15) is 0 Å². The standard InChI is InChI=1S/C20H23N3O4/c1-13-8-9-14-5-3-7-16(18(14)21-13)19(25)22(2)12-17(24)23-10-4-6-15(11-23)20(26)27/h3,5,7-9,15H,4,6,10-12H2,1-2H3,(H,26,27). The van der Waals surface area contributed by atoms with Gasteiger partial charge >= 0.3 is 5.97 Å². The van der Waals surface area contributed by atoms with Crippen LogP contribution in [-0.4, -0.2) is 64.4 Å². The summed E-state index contributed by atoms with van der Waals surface area (Å²) in [5.41, 5.74) is 1.88. The van der Waals surface area contributed by atoms with E-state index >= 15 is 0 Å². The number of carbonyl (C=O) groups is 3. The van der Waals surface area contributed by atoms with Crippen LogP contribution in [0.4, 0.5) is 0 Å². The van der Waals surface area contributed by atoms with Crippen molar-refractivity contribution in [1.82, 2.24) is 14.8 Å². The second-order valence-corrected chi connectivity index (χ2v) is 7.01. The van der Waals surface area contributed by atoms with Crippen LogP contribution < -0.4 is 0 Å². The van der Waals surface area contributed by atoms with Crippen LogP contribution >= 0.6 is 0 Å². The maximum absolute atomic E-state index is 12.9. The lowest BCUT2D eigenvalue weighted by Crippen LogP contribution is -2.46. The van der Waals surface area contributed by atoms with Crippen LogP contribution in [0.5, 0.6) is 0 Å². The summed E-state index contributed by atoms with van der Waals surface area (Å²) in [6, 6.07) is 9.20. The van der Waals surface area contributed by atoms with Crippen LogP contribution in [0.3, 0.4) is 0 Å². The van der Waals surface area contributed by atoms with Gasteiger partial charge in [0, 0.05) is 31.2 Å². The molecule has 1 aromatic heterocycles. The number of fused-ring (bicyclic) bond motifs is 1. The predicted octanol–water partition coefficient (Wildman–Crippen LogP) is 1.94. The molecular formula is C20H23N3O4. The molecule has 7 heteroatoms. The minimum Gasteiger partial charge on any atom is -0.481 e. The number of aromatic nitrogens is 1. The van der Waals surface area contributed by atoms with Crippen LogP contribution in [0.1, 0.15) is 28.9 Å². The smallest absolute Gasteiger partial charge is 0.308 e. The molecule has 0 bridgehead atoms.